The van der Waals surface area contributed by atoms with Gasteiger partial charge in [0.2, 0.25) is 0 Å². The van der Waals surface area contributed by atoms with Crippen LogP contribution in [-0.4, -0.2) is 73.0 Å². The zero-order chi connectivity index (χ0) is 41.6. The molecular weight excluding hydrogens is 712 g/mol. The molecule has 2 aromatic heterocycles. The summed E-state index contributed by atoms with van der Waals surface area (Å²) in [6.45, 7) is 14.4. The molecule has 2 aliphatic rings. The Morgan fingerprint density at radius 2 is 1.22 bits per heavy atom. The highest BCUT2D eigenvalue weighted by Crippen LogP contribution is 2.49. The van der Waals surface area contributed by atoms with Crippen LogP contribution in [0.5, 0.6) is 0 Å². The summed E-state index contributed by atoms with van der Waals surface area (Å²) in [5.74, 6) is 1.02. The van der Waals surface area contributed by atoms with Crippen LogP contribution >= 0.6 is 0 Å². The number of fused-ring (bicyclic) bond motifs is 2. The van der Waals surface area contributed by atoms with E-state index in [2.05, 4.69) is 46.9 Å². The topological polar surface area (TPSA) is 225 Å². The Morgan fingerprint density at radius 1 is 0.691 bits per heavy atom. The molecule has 0 aliphatic carbocycles. The molecule has 0 spiro atoms. The standard InChI is InChI=1S/C10H16O2.C8H6O4.C8H12O2.C8H8O2.C6H6O3.C2H4/c1-8(2)10-5-3-9(7-11,12-10)4-6-10;9-7(10)5-1-2-6(4-3-5)8(11)12;1-6(2)8-4-3-7(5-9)10-8;9-5-7-1-2-8(6-10)4-3-7;7-3-5-1-2-6(4-8)9-5;1-2/h3,5,8,11H,4,6-7H2,1-2H3;1-4H,(H,9,10)(H,11,12);3-4,6,9H,5H2,1-2H3;1-5,10H,6H2;1-3,8H,4H2;1-2H2. The van der Waals surface area contributed by atoms with Crippen LogP contribution in [0.2, 0.25) is 0 Å². The summed E-state index contributed by atoms with van der Waals surface area (Å²) in [5.41, 5.74) is 1.23. The van der Waals surface area contributed by atoms with Gasteiger partial charge in [0.05, 0.1) is 29.9 Å². The largest absolute Gasteiger partial charge is 0.478 e. The first kappa shape index (κ1) is 47.6. The molecule has 2 atom stereocenters. The first-order valence-electron chi connectivity index (χ1n) is 17.3. The molecule has 0 saturated carbocycles. The quantitative estimate of drug-likeness (QED) is 0.0719. The third-order valence-corrected chi connectivity index (χ3v) is 8.29. The zero-order valence-electron chi connectivity index (χ0n) is 31.6. The Hall–Kier alpha value is -5.44. The molecule has 6 N–H and O–H groups in total. The number of rotatable bonds is 10. The van der Waals surface area contributed by atoms with E-state index in [9.17, 15) is 19.2 Å². The predicted molar refractivity (Wildman–Crippen MR) is 205 cm³/mol. The number of carbonyl (C=O) groups is 4. The lowest BCUT2D eigenvalue weighted by Gasteiger charge is -2.27. The van der Waals surface area contributed by atoms with E-state index in [0.29, 0.717) is 35.2 Å². The van der Waals surface area contributed by atoms with Crippen LogP contribution in [0.1, 0.15) is 111 Å². The molecule has 2 aliphatic heterocycles. The Balaban J connectivity index is 0.000000341. The van der Waals surface area contributed by atoms with E-state index in [1.54, 1.807) is 36.4 Å². The van der Waals surface area contributed by atoms with Crippen molar-refractivity contribution < 1.29 is 63.4 Å². The minimum absolute atomic E-state index is 0.00722. The van der Waals surface area contributed by atoms with Gasteiger partial charge < -0.3 is 44.2 Å². The maximum absolute atomic E-state index is 10.3. The van der Waals surface area contributed by atoms with Crippen molar-refractivity contribution in [3.05, 3.63) is 143 Å². The minimum atomic E-state index is -1.06. The van der Waals surface area contributed by atoms with Crippen molar-refractivity contribution in [1.29, 1.82) is 0 Å². The molecule has 1 fully saturated rings. The van der Waals surface area contributed by atoms with E-state index in [0.717, 1.165) is 30.5 Å². The fourth-order valence-electron chi connectivity index (χ4n) is 4.97. The zero-order valence-corrected chi connectivity index (χ0v) is 31.6. The maximum atomic E-state index is 10.3. The van der Waals surface area contributed by atoms with Gasteiger partial charge in [-0.05, 0) is 72.9 Å². The summed E-state index contributed by atoms with van der Waals surface area (Å²) in [5, 5.41) is 51.8. The summed E-state index contributed by atoms with van der Waals surface area (Å²) in [4.78, 5) is 40.8. The fraction of sp³-hybridized carbons (Fsp3) is 0.333. The lowest BCUT2D eigenvalue weighted by molar-refractivity contribution is -0.0773. The van der Waals surface area contributed by atoms with E-state index < -0.39 is 11.9 Å². The van der Waals surface area contributed by atoms with Crippen molar-refractivity contribution in [2.45, 2.75) is 77.5 Å². The van der Waals surface area contributed by atoms with Crippen LogP contribution in [-0.2, 0) is 24.6 Å². The Bertz CT molecular complexity index is 1730. The van der Waals surface area contributed by atoms with E-state index in [4.69, 9.17) is 44.2 Å². The molecular formula is C42H52O13. The molecule has 6 rings (SSSR count). The highest BCUT2D eigenvalue weighted by Gasteiger charge is 2.52. The summed E-state index contributed by atoms with van der Waals surface area (Å²) < 4.78 is 15.9. The van der Waals surface area contributed by atoms with E-state index >= 15 is 0 Å². The van der Waals surface area contributed by atoms with Crippen LogP contribution in [0.4, 0.5) is 0 Å². The Labute approximate surface area is 320 Å². The second-order valence-electron chi connectivity index (χ2n) is 12.7. The van der Waals surface area contributed by atoms with E-state index in [1.807, 2.05) is 12.1 Å². The van der Waals surface area contributed by atoms with Gasteiger partial charge >= 0.3 is 11.9 Å². The molecule has 2 bridgehead atoms. The van der Waals surface area contributed by atoms with Gasteiger partial charge in [-0.15, -0.1) is 13.2 Å². The minimum Gasteiger partial charge on any atom is -0.478 e. The van der Waals surface area contributed by atoms with Crippen molar-refractivity contribution >= 4 is 24.5 Å². The number of carboxylic acid groups (broad SMARTS) is 2. The van der Waals surface area contributed by atoms with Crippen LogP contribution in [0.25, 0.3) is 0 Å². The van der Waals surface area contributed by atoms with Gasteiger partial charge in [-0.25, -0.2) is 9.59 Å². The SMILES string of the molecule is C=C.CC(C)C12C=CC(CO)(CC1)O2.CC(C)c1ccc(CO)o1.O=C(O)c1ccc(C(=O)O)cc1.O=Cc1ccc(CO)cc1.O=Cc1ccc(CO)o1. The van der Waals surface area contributed by atoms with Gasteiger partial charge in [0, 0.05) is 11.5 Å². The summed E-state index contributed by atoms with van der Waals surface area (Å²) in [6.07, 6.45) is 7.58. The third-order valence-electron chi connectivity index (χ3n) is 8.29. The molecule has 0 radical (unpaired) electrons. The van der Waals surface area contributed by atoms with Crippen molar-refractivity contribution in [2.24, 2.45) is 5.92 Å². The van der Waals surface area contributed by atoms with Gasteiger partial charge in [0.1, 0.15) is 42.4 Å². The van der Waals surface area contributed by atoms with Crippen LogP contribution in [0.15, 0.2) is 107 Å². The van der Waals surface area contributed by atoms with Crippen molar-refractivity contribution in [3.63, 3.8) is 0 Å². The van der Waals surface area contributed by atoms with Gasteiger partial charge in [0.25, 0.3) is 0 Å². The molecule has 13 nitrogen and oxygen atoms in total. The number of aromatic carboxylic acids is 2. The lowest BCUT2D eigenvalue weighted by atomic mass is 9.82. The summed E-state index contributed by atoms with van der Waals surface area (Å²) in [7, 11) is 0. The molecule has 2 aromatic carbocycles. The highest BCUT2D eigenvalue weighted by atomic mass is 16.5. The maximum Gasteiger partial charge on any atom is 0.335 e. The fourth-order valence-corrected chi connectivity index (χ4v) is 4.97. The van der Waals surface area contributed by atoms with Gasteiger partial charge in [-0.2, -0.15) is 0 Å². The Morgan fingerprint density at radius 3 is 1.49 bits per heavy atom. The monoisotopic (exact) mass is 764 g/mol. The third kappa shape index (κ3) is 15.1. The molecule has 298 valence electrons. The molecule has 2 unspecified atom stereocenters. The first-order valence-corrected chi connectivity index (χ1v) is 17.3. The van der Waals surface area contributed by atoms with Crippen LogP contribution in [0.3, 0.4) is 0 Å². The second kappa shape index (κ2) is 24.1. The van der Waals surface area contributed by atoms with Crippen molar-refractivity contribution in [2.75, 3.05) is 6.61 Å². The number of aliphatic hydroxyl groups excluding tert-OH is 4. The molecule has 13 heteroatoms. The average Bonchev–Trinajstić information content (AvgIpc) is 4.04. The number of aliphatic hydroxyl groups is 4. The average molecular weight is 765 g/mol. The number of furan rings is 2. The molecule has 4 heterocycles. The van der Waals surface area contributed by atoms with E-state index in [1.165, 1.54) is 30.3 Å². The van der Waals surface area contributed by atoms with Gasteiger partial charge in [-0.3, -0.25) is 9.59 Å². The number of carbonyl (C=O) groups excluding carboxylic acids is 2. The number of ether oxygens (including phenoxy) is 1. The van der Waals surface area contributed by atoms with Gasteiger partial charge in [0.15, 0.2) is 12.0 Å². The van der Waals surface area contributed by atoms with Crippen molar-refractivity contribution in [1.82, 2.24) is 0 Å². The van der Waals surface area contributed by atoms with Crippen molar-refractivity contribution in [3.8, 4) is 0 Å². The lowest BCUT2D eigenvalue weighted by Crippen LogP contribution is -2.33. The smallest absolute Gasteiger partial charge is 0.335 e. The highest BCUT2D eigenvalue weighted by molar-refractivity contribution is 5.91. The molecule has 1 saturated heterocycles. The normalized spacial score (nSPS) is 17.1. The molecule has 55 heavy (non-hydrogen) atoms. The van der Waals surface area contributed by atoms with Crippen LogP contribution < -0.4 is 0 Å². The molecule has 4 aromatic rings. The number of aldehydes is 2. The first-order chi connectivity index (χ1) is 26.2. The van der Waals surface area contributed by atoms with E-state index in [-0.39, 0.29) is 54.5 Å². The number of carboxylic acids is 2. The Kier molecular flexibility index (Phi) is 20.8. The summed E-state index contributed by atoms with van der Waals surface area (Å²) >= 11 is 0. The second-order valence-corrected chi connectivity index (χ2v) is 12.7. The number of hydrogen-bond donors (Lipinski definition) is 6. The van der Waals surface area contributed by atoms with Crippen LogP contribution in [0, 0.1) is 5.92 Å². The predicted octanol–water partition coefficient (Wildman–Crippen LogP) is 6.85. The number of benzene rings is 2. The summed E-state index contributed by atoms with van der Waals surface area (Å²) in [6, 6.07) is 18.6. The molecule has 0 amide bonds. The number of hydrogen-bond acceptors (Lipinski definition) is 11. The van der Waals surface area contributed by atoms with Gasteiger partial charge in [-0.1, -0.05) is 64.1 Å².